The normalized spacial score (nSPS) is 20.3. The predicted molar refractivity (Wildman–Crippen MR) is 62.4 cm³/mol. The zero-order valence-electron chi connectivity index (χ0n) is 10.0. The summed E-state index contributed by atoms with van der Waals surface area (Å²) in [6.07, 6.45) is -3.33. The number of anilines is 1. The molecule has 1 aromatic rings. The Morgan fingerprint density at radius 2 is 2.06 bits per heavy atom. The molecule has 1 aliphatic rings. The van der Waals surface area contributed by atoms with E-state index in [1.165, 1.54) is 12.1 Å². The van der Waals surface area contributed by atoms with Gasteiger partial charge in [0.2, 0.25) is 0 Å². The van der Waals surface area contributed by atoms with Crippen molar-refractivity contribution in [3.05, 3.63) is 29.3 Å². The number of nitrogens with zero attached hydrogens (tertiary/aromatic N) is 1. The molecule has 1 atom stereocenters. The predicted octanol–water partition coefficient (Wildman–Crippen LogP) is 4.04. The number of alkyl halides is 3. The number of rotatable bonds is 1. The van der Waals surface area contributed by atoms with Crippen LogP contribution in [0.2, 0.25) is 0 Å². The van der Waals surface area contributed by atoms with Crippen molar-refractivity contribution in [2.24, 2.45) is 0 Å². The molecule has 94 valence electrons. The maximum absolute atomic E-state index is 12.7. The summed E-state index contributed by atoms with van der Waals surface area (Å²) in [5.74, 6) is 0.204. The van der Waals surface area contributed by atoms with E-state index in [4.69, 9.17) is 0 Å². The quantitative estimate of drug-likeness (QED) is 0.719. The van der Waals surface area contributed by atoms with Crippen LogP contribution in [0.1, 0.15) is 37.3 Å². The molecule has 1 aromatic carbocycles. The highest BCUT2D eigenvalue weighted by atomic mass is 19.4. The third-order valence-corrected chi connectivity index (χ3v) is 3.44. The van der Waals surface area contributed by atoms with Gasteiger partial charge in [0, 0.05) is 18.8 Å². The van der Waals surface area contributed by atoms with Gasteiger partial charge in [-0.2, -0.15) is 13.2 Å². The first-order chi connectivity index (χ1) is 7.93. The van der Waals surface area contributed by atoms with Gasteiger partial charge in [0.15, 0.2) is 0 Å². The van der Waals surface area contributed by atoms with Gasteiger partial charge >= 0.3 is 6.18 Å². The van der Waals surface area contributed by atoms with Gasteiger partial charge in [-0.15, -0.1) is 0 Å². The highest BCUT2D eigenvalue weighted by Crippen LogP contribution is 2.39. The molecule has 0 fully saturated rings. The van der Waals surface area contributed by atoms with Crippen molar-refractivity contribution in [2.45, 2.75) is 32.4 Å². The van der Waals surface area contributed by atoms with Crippen molar-refractivity contribution in [2.75, 3.05) is 18.0 Å². The molecule has 2 rings (SSSR count). The number of hydrogen-bond donors (Lipinski definition) is 0. The molecular formula is C13H16F3N. The lowest BCUT2D eigenvalue weighted by Gasteiger charge is -2.34. The standard InChI is InChI=1S/C13H16F3N/c1-3-17-7-6-9(2)11-8-10(13(14,15)16)4-5-12(11)17/h4-5,8-9H,3,6-7H2,1-2H3. The second-order valence-electron chi connectivity index (χ2n) is 4.54. The van der Waals surface area contributed by atoms with Gasteiger partial charge in [-0.3, -0.25) is 0 Å². The van der Waals surface area contributed by atoms with E-state index in [0.717, 1.165) is 30.8 Å². The Labute approximate surface area is 99.2 Å². The Kier molecular flexibility index (Phi) is 3.06. The van der Waals surface area contributed by atoms with Gasteiger partial charge in [-0.1, -0.05) is 6.92 Å². The van der Waals surface area contributed by atoms with E-state index in [2.05, 4.69) is 4.90 Å². The first kappa shape index (κ1) is 12.3. The third kappa shape index (κ3) is 2.26. The maximum atomic E-state index is 12.7. The lowest BCUT2D eigenvalue weighted by atomic mass is 9.90. The van der Waals surface area contributed by atoms with Crippen molar-refractivity contribution in [1.82, 2.24) is 0 Å². The Hall–Kier alpha value is -1.19. The van der Waals surface area contributed by atoms with Crippen LogP contribution in [0.3, 0.4) is 0 Å². The average Bonchev–Trinajstić information content (AvgIpc) is 2.28. The first-order valence-electron chi connectivity index (χ1n) is 5.89. The summed E-state index contributed by atoms with van der Waals surface area (Å²) in [5.41, 5.74) is 1.24. The molecule has 1 heterocycles. The van der Waals surface area contributed by atoms with Crippen molar-refractivity contribution in [1.29, 1.82) is 0 Å². The van der Waals surface area contributed by atoms with Crippen molar-refractivity contribution < 1.29 is 13.2 Å². The number of hydrogen-bond acceptors (Lipinski definition) is 1. The summed E-state index contributed by atoms with van der Waals surface area (Å²) in [5, 5.41) is 0. The third-order valence-electron chi connectivity index (χ3n) is 3.44. The Morgan fingerprint density at radius 3 is 2.65 bits per heavy atom. The fourth-order valence-corrected chi connectivity index (χ4v) is 2.37. The molecule has 0 spiro atoms. The van der Waals surface area contributed by atoms with Gasteiger partial charge < -0.3 is 4.90 Å². The minimum atomic E-state index is -4.25. The number of halogens is 3. The Morgan fingerprint density at radius 1 is 1.35 bits per heavy atom. The monoisotopic (exact) mass is 243 g/mol. The fraction of sp³-hybridized carbons (Fsp3) is 0.538. The summed E-state index contributed by atoms with van der Waals surface area (Å²) in [6, 6.07) is 4.10. The van der Waals surface area contributed by atoms with Crippen molar-refractivity contribution in [3.63, 3.8) is 0 Å². The second-order valence-corrected chi connectivity index (χ2v) is 4.54. The summed E-state index contributed by atoms with van der Waals surface area (Å²) in [4.78, 5) is 2.13. The van der Waals surface area contributed by atoms with Crippen LogP contribution in [0, 0.1) is 0 Å². The SMILES string of the molecule is CCN1CCC(C)c2cc(C(F)(F)F)ccc21. The maximum Gasteiger partial charge on any atom is 0.416 e. The highest BCUT2D eigenvalue weighted by molar-refractivity contribution is 5.58. The zero-order chi connectivity index (χ0) is 12.6. The van der Waals surface area contributed by atoms with Crippen LogP contribution in [0.5, 0.6) is 0 Å². The first-order valence-corrected chi connectivity index (χ1v) is 5.89. The molecule has 0 amide bonds. The van der Waals surface area contributed by atoms with E-state index in [9.17, 15) is 13.2 Å². The Balaban J connectivity index is 2.46. The molecule has 0 N–H and O–H groups in total. The molecule has 0 radical (unpaired) electrons. The molecule has 1 unspecified atom stereocenters. The lowest BCUT2D eigenvalue weighted by molar-refractivity contribution is -0.137. The smallest absolute Gasteiger partial charge is 0.372 e. The molecule has 0 saturated carbocycles. The van der Waals surface area contributed by atoms with E-state index in [1.807, 2.05) is 13.8 Å². The summed E-state index contributed by atoms with van der Waals surface area (Å²) in [7, 11) is 0. The summed E-state index contributed by atoms with van der Waals surface area (Å²) < 4.78 is 38.0. The second kappa shape index (κ2) is 4.24. The van der Waals surface area contributed by atoms with E-state index in [1.54, 1.807) is 6.07 Å². The summed E-state index contributed by atoms with van der Waals surface area (Å²) >= 11 is 0. The van der Waals surface area contributed by atoms with Gasteiger partial charge in [0.05, 0.1) is 5.56 Å². The van der Waals surface area contributed by atoms with E-state index >= 15 is 0 Å². The van der Waals surface area contributed by atoms with Crippen LogP contribution in [0.15, 0.2) is 18.2 Å². The van der Waals surface area contributed by atoms with E-state index in [-0.39, 0.29) is 5.92 Å². The minimum Gasteiger partial charge on any atom is -0.372 e. The number of fused-ring (bicyclic) bond motifs is 1. The number of benzene rings is 1. The van der Waals surface area contributed by atoms with Gasteiger partial charge in [-0.05, 0) is 43.0 Å². The molecule has 1 nitrogen and oxygen atoms in total. The van der Waals surface area contributed by atoms with Crippen LogP contribution >= 0.6 is 0 Å². The highest BCUT2D eigenvalue weighted by Gasteiger charge is 2.32. The van der Waals surface area contributed by atoms with Crippen LogP contribution in [-0.4, -0.2) is 13.1 Å². The minimum absolute atomic E-state index is 0.204. The fourth-order valence-electron chi connectivity index (χ4n) is 2.37. The molecule has 0 aliphatic carbocycles. The Bertz CT molecular complexity index is 412. The topological polar surface area (TPSA) is 3.24 Å². The molecule has 0 aromatic heterocycles. The van der Waals surface area contributed by atoms with Gasteiger partial charge in [-0.25, -0.2) is 0 Å². The van der Waals surface area contributed by atoms with E-state index in [0.29, 0.717) is 0 Å². The largest absolute Gasteiger partial charge is 0.416 e. The van der Waals surface area contributed by atoms with Gasteiger partial charge in [0.25, 0.3) is 0 Å². The van der Waals surface area contributed by atoms with Crippen LogP contribution in [0.4, 0.5) is 18.9 Å². The molecule has 17 heavy (non-hydrogen) atoms. The van der Waals surface area contributed by atoms with Crippen molar-refractivity contribution in [3.8, 4) is 0 Å². The van der Waals surface area contributed by atoms with Crippen LogP contribution < -0.4 is 4.90 Å². The summed E-state index contributed by atoms with van der Waals surface area (Å²) in [6.45, 7) is 5.78. The van der Waals surface area contributed by atoms with Crippen molar-refractivity contribution >= 4 is 5.69 Å². The molecule has 4 heteroatoms. The molecule has 0 saturated heterocycles. The zero-order valence-corrected chi connectivity index (χ0v) is 10.0. The molecular weight excluding hydrogens is 227 g/mol. The van der Waals surface area contributed by atoms with E-state index < -0.39 is 11.7 Å². The van der Waals surface area contributed by atoms with Gasteiger partial charge in [0.1, 0.15) is 0 Å². The average molecular weight is 243 g/mol. The van der Waals surface area contributed by atoms with Crippen LogP contribution in [-0.2, 0) is 6.18 Å². The molecule has 0 bridgehead atoms. The van der Waals surface area contributed by atoms with Crippen LogP contribution in [0.25, 0.3) is 0 Å². The molecule has 1 aliphatic heterocycles. The lowest BCUT2D eigenvalue weighted by Crippen LogP contribution is -2.30.